The van der Waals surface area contributed by atoms with Crippen LogP contribution < -0.4 is 10.6 Å². The summed E-state index contributed by atoms with van der Waals surface area (Å²) in [6.07, 6.45) is 5.66. The molecule has 2 saturated carbocycles. The first-order chi connectivity index (χ1) is 13.9. The first-order valence-corrected chi connectivity index (χ1v) is 10.8. The second kappa shape index (κ2) is 7.93. The lowest BCUT2D eigenvalue weighted by molar-refractivity contribution is -0.141. The van der Waals surface area contributed by atoms with Crippen molar-refractivity contribution in [2.45, 2.75) is 57.0 Å². The van der Waals surface area contributed by atoms with E-state index in [4.69, 9.17) is 0 Å². The van der Waals surface area contributed by atoms with Crippen molar-refractivity contribution in [2.24, 2.45) is 5.92 Å². The lowest BCUT2D eigenvalue weighted by Gasteiger charge is -2.37. The number of imide groups is 1. The van der Waals surface area contributed by atoms with E-state index in [0.29, 0.717) is 45.2 Å². The molecule has 5 amide bonds. The average molecular weight is 405 g/mol. The summed E-state index contributed by atoms with van der Waals surface area (Å²) in [4.78, 5) is 55.0. The first-order valence-electron chi connectivity index (χ1n) is 10.8. The van der Waals surface area contributed by atoms with Gasteiger partial charge in [-0.2, -0.15) is 0 Å². The minimum Gasteiger partial charge on any atom is -0.352 e. The summed E-state index contributed by atoms with van der Waals surface area (Å²) in [5.41, 5.74) is -0.830. The monoisotopic (exact) mass is 405 g/mol. The molecule has 2 aliphatic carbocycles. The molecule has 29 heavy (non-hydrogen) atoms. The lowest BCUT2D eigenvalue weighted by Crippen LogP contribution is -2.55. The van der Waals surface area contributed by atoms with Crippen LogP contribution in [0.3, 0.4) is 0 Å². The molecule has 0 aromatic rings. The second-order valence-corrected chi connectivity index (χ2v) is 8.94. The van der Waals surface area contributed by atoms with Crippen LogP contribution in [0.2, 0.25) is 0 Å². The third-order valence-electron chi connectivity index (χ3n) is 6.83. The van der Waals surface area contributed by atoms with Crippen molar-refractivity contribution >= 4 is 23.8 Å². The number of nitrogens with one attached hydrogen (secondary N) is 2. The third kappa shape index (κ3) is 4.10. The zero-order chi connectivity index (χ0) is 20.6. The minimum atomic E-state index is -0.830. The molecule has 4 fully saturated rings. The van der Waals surface area contributed by atoms with Gasteiger partial charge >= 0.3 is 6.03 Å². The highest BCUT2D eigenvalue weighted by molar-refractivity contribution is 6.09. The second-order valence-electron chi connectivity index (χ2n) is 8.94. The van der Waals surface area contributed by atoms with Crippen molar-refractivity contribution in [3.63, 3.8) is 0 Å². The predicted molar refractivity (Wildman–Crippen MR) is 105 cm³/mol. The Kier molecular flexibility index (Phi) is 5.50. The van der Waals surface area contributed by atoms with Crippen molar-refractivity contribution in [3.05, 3.63) is 0 Å². The number of rotatable bonds is 5. The molecule has 0 aromatic heterocycles. The number of hydrogen-bond donors (Lipinski definition) is 2. The molecule has 160 valence electrons. The Morgan fingerprint density at radius 1 is 1.07 bits per heavy atom. The summed E-state index contributed by atoms with van der Waals surface area (Å²) in [5.74, 6) is -0.342. The van der Waals surface area contributed by atoms with Crippen molar-refractivity contribution in [1.29, 1.82) is 0 Å². The van der Waals surface area contributed by atoms with Gasteiger partial charge in [0.05, 0.1) is 6.54 Å². The van der Waals surface area contributed by atoms with Crippen LogP contribution in [0.4, 0.5) is 4.79 Å². The van der Waals surface area contributed by atoms with E-state index in [9.17, 15) is 19.2 Å². The topological polar surface area (TPSA) is 102 Å². The maximum atomic E-state index is 13.0. The SMILES string of the molecule is C[C@@H]1CCCC[C@]12NC(=O)N(CC(=O)N1CCN(CC(=O)NC3CC3)CC1)C2=O. The highest BCUT2D eigenvalue weighted by Gasteiger charge is 2.55. The molecule has 2 atom stereocenters. The zero-order valence-corrected chi connectivity index (χ0v) is 17.1. The number of amides is 5. The quantitative estimate of drug-likeness (QED) is 0.623. The molecule has 9 nitrogen and oxygen atoms in total. The number of hydrogen-bond acceptors (Lipinski definition) is 5. The number of piperazine rings is 1. The predicted octanol–water partition coefficient (Wildman–Crippen LogP) is -0.0901. The van der Waals surface area contributed by atoms with Gasteiger partial charge in [0.1, 0.15) is 12.1 Å². The fourth-order valence-corrected chi connectivity index (χ4v) is 4.73. The molecule has 2 aliphatic heterocycles. The van der Waals surface area contributed by atoms with E-state index in [2.05, 4.69) is 10.6 Å². The van der Waals surface area contributed by atoms with Gasteiger partial charge in [-0.25, -0.2) is 4.79 Å². The van der Waals surface area contributed by atoms with Gasteiger partial charge in [0.15, 0.2) is 0 Å². The normalized spacial score (nSPS) is 30.6. The molecular weight excluding hydrogens is 374 g/mol. The van der Waals surface area contributed by atoms with Gasteiger partial charge in [0, 0.05) is 32.2 Å². The van der Waals surface area contributed by atoms with E-state index in [0.717, 1.165) is 37.0 Å². The van der Waals surface area contributed by atoms with E-state index in [1.807, 2.05) is 11.8 Å². The van der Waals surface area contributed by atoms with Crippen LogP contribution in [0.5, 0.6) is 0 Å². The molecule has 2 saturated heterocycles. The Hall–Kier alpha value is -2.16. The number of nitrogens with zero attached hydrogens (tertiary/aromatic N) is 3. The Balaban J connectivity index is 1.28. The van der Waals surface area contributed by atoms with Gasteiger partial charge in [0.2, 0.25) is 11.8 Å². The van der Waals surface area contributed by atoms with Crippen molar-refractivity contribution in [2.75, 3.05) is 39.3 Å². The number of urea groups is 1. The van der Waals surface area contributed by atoms with E-state index in [-0.39, 0.29) is 30.2 Å². The van der Waals surface area contributed by atoms with Crippen molar-refractivity contribution in [1.82, 2.24) is 25.3 Å². The molecule has 0 bridgehead atoms. The zero-order valence-electron chi connectivity index (χ0n) is 17.1. The smallest absolute Gasteiger partial charge is 0.325 e. The van der Waals surface area contributed by atoms with Crippen molar-refractivity contribution in [3.8, 4) is 0 Å². The standard InChI is InChI=1S/C20H31N5O4/c1-14-4-2-3-7-20(14)18(28)25(19(29)22-20)13-17(27)24-10-8-23(9-11-24)12-16(26)21-15-5-6-15/h14-15H,2-13H2,1H3,(H,21,26)(H,22,29)/t14-,20+/m1/s1. The molecule has 0 radical (unpaired) electrons. The van der Waals surface area contributed by atoms with Crippen LogP contribution in [0.1, 0.15) is 45.4 Å². The molecule has 2 heterocycles. The van der Waals surface area contributed by atoms with Crippen LogP contribution in [-0.4, -0.2) is 89.3 Å². The molecule has 4 rings (SSSR count). The van der Waals surface area contributed by atoms with Gasteiger partial charge in [-0.1, -0.05) is 19.8 Å². The van der Waals surface area contributed by atoms with Crippen LogP contribution in [0, 0.1) is 5.92 Å². The number of carbonyl (C=O) groups is 4. The van der Waals surface area contributed by atoms with Gasteiger partial charge in [-0.15, -0.1) is 0 Å². The summed E-state index contributed by atoms with van der Waals surface area (Å²) < 4.78 is 0. The largest absolute Gasteiger partial charge is 0.352 e. The molecule has 2 N–H and O–H groups in total. The van der Waals surface area contributed by atoms with Gasteiger partial charge in [-0.05, 0) is 31.6 Å². The van der Waals surface area contributed by atoms with Crippen molar-refractivity contribution < 1.29 is 19.2 Å². The van der Waals surface area contributed by atoms with Crippen LogP contribution in [0.25, 0.3) is 0 Å². The van der Waals surface area contributed by atoms with E-state index in [1.54, 1.807) is 4.90 Å². The fourth-order valence-electron chi connectivity index (χ4n) is 4.73. The summed E-state index contributed by atoms with van der Waals surface area (Å²) >= 11 is 0. The molecule has 0 unspecified atom stereocenters. The van der Waals surface area contributed by atoms with Gasteiger partial charge in [-0.3, -0.25) is 24.2 Å². The van der Waals surface area contributed by atoms with E-state index < -0.39 is 11.6 Å². The Labute approximate surface area is 171 Å². The Morgan fingerprint density at radius 2 is 1.79 bits per heavy atom. The van der Waals surface area contributed by atoms with Gasteiger partial charge in [0.25, 0.3) is 5.91 Å². The summed E-state index contributed by atoms with van der Waals surface area (Å²) in [6, 6.07) is -0.0998. The molecular formula is C20H31N5O4. The average Bonchev–Trinajstić information content (AvgIpc) is 3.47. The van der Waals surface area contributed by atoms with Crippen LogP contribution in [-0.2, 0) is 14.4 Å². The van der Waals surface area contributed by atoms with Crippen LogP contribution >= 0.6 is 0 Å². The number of carbonyl (C=O) groups excluding carboxylic acids is 4. The maximum absolute atomic E-state index is 13.0. The van der Waals surface area contributed by atoms with Crippen LogP contribution in [0.15, 0.2) is 0 Å². The molecule has 0 aromatic carbocycles. The van der Waals surface area contributed by atoms with E-state index in [1.165, 1.54) is 0 Å². The highest BCUT2D eigenvalue weighted by Crippen LogP contribution is 2.38. The minimum absolute atomic E-state index is 0.0403. The van der Waals surface area contributed by atoms with Gasteiger partial charge < -0.3 is 15.5 Å². The third-order valence-corrected chi connectivity index (χ3v) is 6.83. The molecule has 1 spiro atoms. The summed E-state index contributed by atoms with van der Waals surface area (Å²) in [7, 11) is 0. The first kappa shape index (κ1) is 20.1. The lowest BCUT2D eigenvalue weighted by atomic mass is 9.73. The molecule has 9 heteroatoms. The molecule has 4 aliphatic rings. The summed E-state index contributed by atoms with van der Waals surface area (Å²) in [6.45, 7) is 4.38. The van der Waals surface area contributed by atoms with E-state index >= 15 is 0 Å². The Bertz CT molecular complexity index is 701. The fraction of sp³-hybridized carbons (Fsp3) is 0.800. The summed E-state index contributed by atoms with van der Waals surface area (Å²) in [5, 5.41) is 5.87. The maximum Gasteiger partial charge on any atom is 0.325 e. The Morgan fingerprint density at radius 3 is 2.45 bits per heavy atom. The highest BCUT2D eigenvalue weighted by atomic mass is 16.2.